The van der Waals surface area contributed by atoms with Crippen molar-refractivity contribution in [3.05, 3.63) is 34.6 Å². The number of nitrogens with one attached hydrogen (secondary N) is 1. The minimum absolute atomic E-state index is 0.285. The molecule has 1 aromatic rings. The molecular formula is C10H9ClF3N3O. The zero-order chi connectivity index (χ0) is 13.9. The van der Waals surface area contributed by atoms with Crippen molar-refractivity contribution in [3.8, 4) is 5.88 Å². The molecule has 98 valence electrons. The fraction of sp³-hybridized carbons (Fsp3) is 0.200. The van der Waals surface area contributed by atoms with Crippen molar-refractivity contribution >= 4 is 17.5 Å². The molecule has 0 aliphatic heterocycles. The standard InChI is InChI=1S/C10H9ClF3N3O/c1-5(15)2-8(16)18-9-7(11)3-6(4-17-9)10(12,13)14/h2-4,16H,15H2,1H3/b5-2-,16-8?. The summed E-state index contributed by atoms with van der Waals surface area (Å²) < 4.78 is 41.8. The fourth-order valence-electron chi connectivity index (χ4n) is 0.996. The summed E-state index contributed by atoms with van der Waals surface area (Å²) in [5.74, 6) is -0.656. The highest BCUT2D eigenvalue weighted by Crippen LogP contribution is 2.33. The Balaban J connectivity index is 2.94. The first-order chi connectivity index (χ1) is 8.20. The van der Waals surface area contributed by atoms with E-state index in [1.807, 2.05) is 0 Å². The summed E-state index contributed by atoms with van der Waals surface area (Å²) >= 11 is 5.58. The van der Waals surface area contributed by atoms with Crippen molar-refractivity contribution < 1.29 is 17.9 Å². The molecule has 3 N–H and O–H groups in total. The Morgan fingerprint density at radius 3 is 2.61 bits per heavy atom. The van der Waals surface area contributed by atoms with Crippen molar-refractivity contribution in [1.82, 2.24) is 4.98 Å². The molecule has 0 aliphatic rings. The third kappa shape index (κ3) is 3.92. The van der Waals surface area contributed by atoms with Crippen molar-refractivity contribution in [3.63, 3.8) is 0 Å². The second-order valence-corrected chi connectivity index (χ2v) is 3.77. The molecule has 4 nitrogen and oxygen atoms in total. The number of nitrogens with zero attached hydrogens (tertiary/aromatic N) is 1. The van der Waals surface area contributed by atoms with Crippen LogP contribution in [-0.2, 0) is 6.18 Å². The molecule has 1 aromatic heterocycles. The van der Waals surface area contributed by atoms with Gasteiger partial charge in [-0.05, 0) is 13.0 Å². The molecule has 18 heavy (non-hydrogen) atoms. The summed E-state index contributed by atoms with van der Waals surface area (Å²) in [5, 5.41) is 6.99. The molecule has 0 spiro atoms. The molecule has 0 amide bonds. The molecule has 8 heteroatoms. The molecule has 0 aromatic carbocycles. The topological polar surface area (TPSA) is 72.0 Å². The molecule has 0 saturated carbocycles. The maximum Gasteiger partial charge on any atom is 0.417 e. The molecule has 0 atom stereocenters. The van der Waals surface area contributed by atoms with Crippen molar-refractivity contribution in [2.75, 3.05) is 0 Å². The van der Waals surface area contributed by atoms with Gasteiger partial charge >= 0.3 is 6.18 Å². The summed E-state index contributed by atoms with van der Waals surface area (Å²) in [6, 6.07) is 0.677. The first-order valence-corrected chi connectivity index (χ1v) is 5.01. The molecule has 0 aliphatic carbocycles. The van der Waals surface area contributed by atoms with E-state index < -0.39 is 11.7 Å². The minimum Gasteiger partial charge on any atom is -0.420 e. The van der Waals surface area contributed by atoms with E-state index in [1.54, 1.807) is 0 Å². The molecule has 0 bridgehead atoms. The average Bonchev–Trinajstić information content (AvgIpc) is 2.18. The number of nitrogens with two attached hydrogens (primary N) is 1. The van der Waals surface area contributed by atoms with E-state index in [-0.39, 0.29) is 16.8 Å². The number of pyridine rings is 1. The van der Waals surface area contributed by atoms with Gasteiger partial charge in [-0.1, -0.05) is 11.6 Å². The number of ether oxygens (including phenoxy) is 1. The van der Waals surface area contributed by atoms with Gasteiger partial charge in [0.2, 0.25) is 11.8 Å². The lowest BCUT2D eigenvalue weighted by Crippen LogP contribution is -2.10. The Morgan fingerprint density at radius 2 is 2.17 bits per heavy atom. The van der Waals surface area contributed by atoms with Crippen LogP contribution < -0.4 is 10.5 Å². The van der Waals surface area contributed by atoms with Crippen LogP contribution in [-0.4, -0.2) is 10.9 Å². The number of rotatable bonds is 2. The molecule has 0 unspecified atom stereocenters. The third-order valence-electron chi connectivity index (χ3n) is 1.70. The van der Waals surface area contributed by atoms with Crippen molar-refractivity contribution in [2.45, 2.75) is 13.1 Å². The fourth-order valence-corrected chi connectivity index (χ4v) is 1.20. The maximum atomic E-state index is 12.3. The van der Waals surface area contributed by atoms with E-state index in [0.717, 1.165) is 0 Å². The van der Waals surface area contributed by atoms with Crippen LogP contribution in [0.25, 0.3) is 0 Å². The maximum absolute atomic E-state index is 12.3. The lowest BCUT2D eigenvalue weighted by atomic mass is 10.3. The lowest BCUT2D eigenvalue weighted by Gasteiger charge is -2.09. The summed E-state index contributed by atoms with van der Waals surface area (Å²) in [6.07, 6.45) is -2.78. The van der Waals surface area contributed by atoms with Gasteiger partial charge in [0.1, 0.15) is 5.02 Å². The van der Waals surface area contributed by atoms with Gasteiger partial charge in [-0.3, -0.25) is 5.41 Å². The monoisotopic (exact) mass is 279 g/mol. The van der Waals surface area contributed by atoms with Crippen LogP contribution >= 0.6 is 11.6 Å². The Bertz CT molecular complexity index is 496. The Labute approximate surface area is 106 Å². The summed E-state index contributed by atoms with van der Waals surface area (Å²) in [4.78, 5) is 3.41. The van der Waals surface area contributed by atoms with Gasteiger partial charge in [0.15, 0.2) is 0 Å². The number of hydrogen-bond acceptors (Lipinski definition) is 4. The van der Waals surface area contributed by atoms with Gasteiger partial charge in [-0.2, -0.15) is 13.2 Å². The third-order valence-corrected chi connectivity index (χ3v) is 1.97. The van der Waals surface area contributed by atoms with Crippen LogP contribution in [0.15, 0.2) is 24.0 Å². The zero-order valence-electron chi connectivity index (χ0n) is 9.18. The van der Waals surface area contributed by atoms with Gasteiger partial charge in [-0.25, -0.2) is 4.98 Å². The molecule has 0 radical (unpaired) electrons. The average molecular weight is 280 g/mol. The molecule has 0 saturated heterocycles. The van der Waals surface area contributed by atoms with E-state index >= 15 is 0 Å². The van der Waals surface area contributed by atoms with Crippen LogP contribution in [0.5, 0.6) is 5.88 Å². The number of halogens is 4. The highest BCUT2D eigenvalue weighted by Gasteiger charge is 2.31. The quantitative estimate of drug-likeness (QED) is 0.646. The Morgan fingerprint density at radius 1 is 1.56 bits per heavy atom. The van der Waals surface area contributed by atoms with Gasteiger partial charge in [0.25, 0.3) is 0 Å². The SMILES string of the molecule is C/C(N)=C/C(=N)Oc1ncc(C(F)(F)F)cc1Cl. The highest BCUT2D eigenvalue weighted by atomic mass is 35.5. The summed E-state index contributed by atoms with van der Waals surface area (Å²) in [5.41, 5.74) is 4.62. The van der Waals surface area contributed by atoms with Gasteiger partial charge in [0, 0.05) is 18.0 Å². The van der Waals surface area contributed by atoms with E-state index in [4.69, 9.17) is 27.5 Å². The number of aromatic nitrogens is 1. The van der Waals surface area contributed by atoms with E-state index in [0.29, 0.717) is 18.0 Å². The number of hydrogen-bond donors (Lipinski definition) is 2. The smallest absolute Gasteiger partial charge is 0.417 e. The predicted molar refractivity (Wildman–Crippen MR) is 60.5 cm³/mol. The minimum atomic E-state index is -4.53. The van der Waals surface area contributed by atoms with Gasteiger partial charge in [-0.15, -0.1) is 0 Å². The summed E-state index contributed by atoms with van der Waals surface area (Å²) in [7, 11) is 0. The molecular weight excluding hydrogens is 271 g/mol. The Hall–Kier alpha value is -1.76. The van der Waals surface area contributed by atoms with Gasteiger partial charge in [0.05, 0.1) is 5.56 Å². The van der Waals surface area contributed by atoms with Crippen LogP contribution in [0.1, 0.15) is 12.5 Å². The molecule has 1 rings (SSSR count). The molecule has 1 heterocycles. The first-order valence-electron chi connectivity index (χ1n) is 4.63. The van der Waals surface area contributed by atoms with E-state index in [1.165, 1.54) is 13.0 Å². The van der Waals surface area contributed by atoms with Crippen LogP contribution in [0.2, 0.25) is 5.02 Å². The second kappa shape index (κ2) is 5.26. The highest BCUT2D eigenvalue weighted by molar-refractivity contribution is 6.32. The normalized spacial score (nSPS) is 12.4. The van der Waals surface area contributed by atoms with E-state index in [9.17, 15) is 13.2 Å². The predicted octanol–water partition coefficient (Wildman–Crippen LogP) is 2.97. The van der Waals surface area contributed by atoms with Crippen LogP contribution in [0.4, 0.5) is 13.2 Å². The zero-order valence-corrected chi connectivity index (χ0v) is 9.93. The second-order valence-electron chi connectivity index (χ2n) is 3.36. The number of allylic oxidation sites excluding steroid dienone is 1. The van der Waals surface area contributed by atoms with Crippen LogP contribution in [0, 0.1) is 5.41 Å². The lowest BCUT2D eigenvalue weighted by molar-refractivity contribution is -0.137. The first kappa shape index (κ1) is 14.3. The summed E-state index contributed by atoms with van der Waals surface area (Å²) in [6.45, 7) is 1.53. The molecule has 0 fully saturated rings. The largest absolute Gasteiger partial charge is 0.420 e. The van der Waals surface area contributed by atoms with E-state index in [2.05, 4.69) is 4.98 Å². The van der Waals surface area contributed by atoms with Crippen molar-refractivity contribution in [2.24, 2.45) is 5.73 Å². The number of alkyl halides is 3. The van der Waals surface area contributed by atoms with Crippen LogP contribution in [0.3, 0.4) is 0 Å². The Kier molecular flexibility index (Phi) is 4.18. The van der Waals surface area contributed by atoms with Gasteiger partial charge < -0.3 is 10.5 Å². The van der Waals surface area contributed by atoms with Crippen molar-refractivity contribution in [1.29, 1.82) is 5.41 Å².